The van der Waals surface area contributed by atoms with E-state index in [-0.39, 0.29) is 17.9 Å². The summed E-state index contributed by atoms with van der Waals surface area (Å²) in [5.74, 6) is -0.979. The van der Waals surface area contributed by atoms with E-state index in [1.165, 1.54) is 10.9 Å². The van der Waals surface area contributed by atoms with Crippen LogP contribution in [-0.2, 0) is 11.3 Å². The van der Waals surface area contributed by atoms with E-state index >= 15 is 0 Å². The van der Waals surface area contributed by atoms with Crippen molar-refractivity contribution in [3.8, 4) is 0 Å². The number of nitrogens with zero attached hydrogens (tertiary/aromatic N) is 3. The molecule has 1 N–H and O–H groups in total. The Morgan fingerprint density at radius 2 is 2.05 bits per heavy atom. The van der Waals surface area contributed by atoms with Crippen molar-refractivity contribution in [1.82, 2.24) is 10.00 Å². The average Bonchev–Trinajstić information content (AvgIpc) is 2.34. The van der Waals surface area contributed by atoms with Crippen molar-refractivity contribution in [3.63, 3.8) is 0 Å². The Kier molecular flexibility index (Phi) is 4.58. The molecule has 0 saturated carbocycles. The second-order valence-corrected chi connectivity index (χ2v) is 5.36. The summed E-state index contributed by atoms with van der Waals surface area (Å²) in [7, 11) is 1.74. The maximum Gasteiger partial charge on any atom is 0.309 e. The van der Waals surface area contributed by atoms with Gasteiger partial charge in [0.1, 0.15) is 12.6 Å². The predicted molar refractivity (Wildman–Crippen MR) is 68.5 cm³/mol. The van der Waals surface area contributed by atoms with E-state index in [1.807, 2.05) is 20.8 Å². The van der Waals surface area contributed by atoms with Crippen LogP contribution in [0, 0.1) is 0 Å². The van der Waals surface area contributed by atoms with Crippen molar-refractivity contribution in [2.24, 2.45) is 0 Å². The molecule has 0 spiro atoms. The molecule has 1 aromatic heterocycles. The Morgan fingerprint density at radius 3 is 2.47 bits per heavy atom. The molecule has 1 rings (SSSR count). The lowest BCUT2D eigenvalue weighted by molar-refractivity contribution is -0.753. The molecular formula is C13H20N3O3+. The first-order valence-electron chi connectivity index (χ1n) is 6.07. The second-order valence-electron chi connectivity index (χ2n) is 5.36. The lowest BCUT2D eigenvalue weighted by atomic mass is 10.1. The van der Waals surface area contributed by atoms with E-state index in [0.29, 0.717) is 12.1 Å². The summed E-state index contributed by atoms with van der Waals surface area (Å²) in [5.41, 5.74) is 0.232. The molecule has 0 atom stereocenters. The number of rotatable bonds is 4. The lowest BCUT2D eigenvalue weighted by Gasteiger charge is -2.31. The molecule has 0 unspecified atom stereocenters. The zero-order valence-corrected chi connectivity index (χ0v) is 11.8. The fourth-order valence-corrected chi connectivity index (χ4v) is 1.35. The van der Waals surface area contributed by atoms with Gasteiger partial charge in [0.25, 0.3) is 5.91 Å². The largest absolute Gasteiger partial charge is 0.481 e. The highest BCUT2D eigenvalue weighted by molar-refractivity contribution is 5.93. The minimum Gasteiger partial charge on any atom is -0.481 e. The van der Waals surface area contributed by atoms with Crippen LogP contribution in [-0.4, -0.2) is 39.6 Å². The normalized spacial score (nSPS) is 11.2. The topological polar surface area (TPSA) is 74.4 Å². The van der Waals surface area contributed by atoms with Gasteiger partial charge in [0.2, 0.25) is 0 Å². The third kappa shape index (κ3) is 4.31. The number of aromatic nitrogens is 2. The first kappa shape index (κ1) is 15.1. The monoisotopic (exact) mass is 266 g/mol. The van der Waals surface area contributed by atoms with Gasteiger partial charge in [-0.3, -0.25) is 9.59 Å². The summed E-state index contributed by atoms with van der Waals surface area (Å²) in [6, 6.07) is 1.65. The smallest absolute Gasteiger partial charge is 0.309 e. The number of carbonyl (C=O) groups is 2. The van der Waals surface area contributed by atoms with E-state index in [0.717, 1.165) is 0 Å². The summed E-state index contributed by atoms with van der Waals surface area (Å²) < 4.78 is 1.50. The maximum atomic E-state index is 12.2. The van der Waals surface area contributed by atoms with Crippen LogP contribution in [0.4, 0.5) is 0 Å². The highest BCUT2D eigenvalue weighted by Gasteiger charge is 2.24. The van der Waals surface area contributed by atoms with Crippen LogP contribution in [0.3, 0.4) is 0 Å². The van der Waals surface area contributed by atoms with Gasteiger partial charge < -0.3 is 10.0 Å². The number of aryl methyl sites for hydroxylation is 1. The summed E-state index contributed by atoms with van der Waals surface area (Å²) in [6.45, 7) is 6.15. The van der Waals surface area contributed by atoms with Crippen molar-refractivity contribution in [1.29, 1.82) is 0 Å². The van der Waals surface area contributed by atoms with E-state index < -0.39 is 5.97 Å². The van der Waals surface area contributed by atoms with Crippen molar-refractivity contribution < 1.29 is 19.4 Å². The quantitative estimate of drug-likeness (QED) is 0.815. The van der Waals surface area contributed by atoms with E-state index in [9.17, 15) is 9.59 Å². The van der Waals surface area contributed by atoms with E-state index in [4.69, 9.17) is 5.11 Å². The van der Waals surface area contributed by atoms with Gasteiger partial charge in [-0.05, 0) is 25.9 Å². The predicted octanol–water partition coefficient (Wildman–Crippen LogP) is 0.714. The van der Waals surface area contributed by atoms with Gasteiger partial charge in [-0.1, -0.05) is 4.68 Å². The fraction of sp³-hybridized carbons (Fsp3) is 0.538. The highest BCUT2D eigenvalue weighted by atomic mass is 16.4. The zero-order valence-electron chi connectivity index (χ0n) is 11.8. The van der Waals surface area contributed by atoms with Crippen molar-refractivity contribution in [2.75, 3.05) is 7.05 Å². The van der Waals surface area contributed by atoms with Gasteiger partial charge in [0.05, 0.1) is 5.56 Å². The van der Waals surface area contributed by atoms with Gasteiger partial charge in [-0.15, -0.1) is 0 Å². The Labute approximate surface area is 112 Å². The molecule has 1 heterocycles. The van der Waals surface area contributed by atoms with Crippen molar-refractivity contribution in [3.05, 3.63) is 24.0 Å². The fourth-order valence-electron chi connectivity index (χ4n) is 1.35. The van der Waals surface area contributed by atoms with E-state index in [2.05, 4.69) is 5.10 Å². The number of aliphatic carboxylic acids is 1. The van der Waals surface area contributed by atoms with Crippen LogP contribution in [0.25, 0.3) is 0 Å². The molecule has 0 radical (unpaired) electrons. The lowest BCUT2D eigenvalue weighted by Crippen LogP contribution is -2.43. The molecule has 0 aliphatic rings. The average molecular weight is 266 g/mol. The number of carboxylic acids is 1. The summed E-state index contributed by atoms with van der Waals surface area (Å²) in [6.07, 6.45) is 3.09. The first-order valence-corrected chi connectivity index (χ1v) is 6.07. The first-order chi connectivity index (χ1) is 8.71. The molecule has 19 heavy (non-hydrogen) atoms. The molecule has 0 bridgehead atoms. The number of carboxylic acid groups (broad SMARTS) is 1. The van der Waals surface area contributed by atoms with Gasteiger partial charge in [0.15, 0.2) is 12.7 Å². The standard InChI is InChI=1S/C13H19N3O3/c1-13(2,3)15(4)12(19)10-5-7-16(14-9-10)8-6-11(17)18/h5,7,9H,6,8H2,1-4H3/p+1. The van der Waals surface area contributed by atoms with Crippen molar-refractivity contribution in [2.45, 2.75) is 39.3 Å². The Bertz CT molecular complexity index is 463. The van der Waals surface area contributed by atoms with Crippen LogP contribution < -0.4 is 4.68 Å². The number of hydrogen-bond donors (Lipinski definition) is 1. The van der Waals surface area contributed by atoms with Crippen LogP contribution in [0.1, 0.15) is 37.6 Å². The van der Waals surface area contributed by atoms with Gasteiger partial charge >= 0.3 is 5.97 Å². The van der Waals surface area contributed by atoms with Crippen molar-refractivity contribution >= 4 is 11.9 Å². The van der Waals surface area contributed by atoms with Gasteiger partial charge in [0, 0.05) is 18.7 Å². The second kappa shape index (κ2) is 5.77. The highest BCUT2D eigenvalue weighted by Crippen LogP contribution is 2.13. The van der Waals surface area contributed by atoms with Crippen LogP contribution in [0.5, 0.6) is 0 Å². The molecule has 0 fully saturated rings. The third-order valence-electron chi connectivity index (χ3n) is 2.88. The van der Waals surface area contributed by atoms with Crippen LogP contribution in [0.2, 0.25) is 0 Å². The Balaban J connectivity index is 2.76. The molecule has 0 saturated heterocycles. The summed E-state index contributed by atoms with van der Waals surface area (Å²) in [4.78, 5) is 24.2. The van der Waals surface area contributed by atoms with Gasteiger partial charge in [-0.25, -0.2) is 0 Å². The third-order valence-corrected chi connectivity index (χ3v) is 2.88. The number of hydrogen-bond acceptors (Lipinski definition) is 3. The molecule has 0 aromatic carbocycles. The molecule has 1 amide bonds. The molecule has 0 aliphatic carbocycles. The zero-order chi connectivity index (χ0) is 14.6. The molecule has 6 nitrogen and oxygen atoms in total. The van der Waals surface area contributed by atoms with Crippen LogP contribution in [0.15, 0.2) is 18.5 Å². The minimum atomic E-state index is -0.873. The molecule has 6 heteroatoms. The Hall–Kier alpha value is -1.98. The number of amides is 1. The molecule has 0 aliphatic heterocycles. The maximum absolute atomic E-state index is 12.2. The van der Waals surface area contributed by atoms with E-state index in [1.54, 1.807) is 24.2 Å². The summed E-state index contributed by atoms with van der Waals surface area (Å²) in [5, 5.41) is 12.6. The SMILES string of the molecule is CN(C(=O)c1cc[n+](CCC(=O)O)nc1)C(C)(C)C. The molecule has 104 valence electrons. The molecule has 1 aromatic rings. The number of carbonyl (C=O) groups excluding carboxylic acids is 1. The summed E-state index contributed by atoms with van der Waals surface area (Å²) >= 11 is 0. The van der Waals surface area contributed by atoms with Gasteiger partial charge in [-0.2, -0.15) is 0 Å². The Morgan fingerprint density at radius 1 is 1.42 bits per heavy atom. The molecular weight excluding hydrogens is 246 g/mol. The van der Waals surface area contributed by atoms with Crippen LogP contribution >= 0.6 is 0 Å². The minimum absolute atomic E-state index is 0.00680.